The number of hydrogen-bond donors (Lipinski definition) is 0. The summed E-state index contributed by atoms with van der Waals surface area (Å²) in [5.41, 5.74) is 13.3. The summed E-state index contributed by atoms with van der Waals surface area (Å²) in [5, 5.41) is 3.02. The third-order valence-corrected chi connectivity index (χ3v) is 26.2. The number of rotatable bonds is 18. The first kappa shape index (κ1) is 95.5. The van der Waals surface area contributed by atoms with Crippen LogP contribution in [0.15, 0.2) is 174 Å². The number of hydrogen-bond acceptors (Lipinski definition) is 18. The molecule has 3 amide bonds. The van der Waals surface area contributed by atoms with E-state index in [1.165, 1.54) is 28.9 Å². The van der Waals surface area contributed by atoms with E-state index in [2.05, 4.69) is 113 Å². The van der Waals surface area contributed by atoms with Crippen molar-refractivity contribution >= 4 is 103 Å². The van der Waals surface area contributed by atoms with Gasteiger partial charge in [-0.25, -0.2) is 47.4 Å². The van der Waals surface area contributed by atoms with Crippen molar-refractivity contribution < 1.29 is 18.8 Å². The fourth-order valence-corrected chi connectivity index (χ4v) is 19.2. The van der Waals surface area contributed by atoms with Gasteiger partial charge in [-0.05, 0) is 211 Å². The molecule has 4 fully saturated rings. The predicted octanol–water partition coefficient (Wildman–Crippen LogP) is 19.9. The molecule has 132 heavy (non-hydrogen) atoms. The zero-order valence-corrected chi connectivity index (χ0v) is 80.8. The molecule has 16 rings (SSSR count). The topological polar surface area (TPSA) is 253 Å². The summed E-state index contributed by atoms with van der Waals surface area (Å²) < 4.78 is 20.1. The molecule has 0 bridgehead atoms. The molecule has 0 spiro atoms. The molecule has 12 aromatic rings. The highest BCUT2D eigenvalue weighted by Crippen LogP contribution is 2.47. The number of carbonyl (C=O) groups is 3. The molecule has 24 nitrogen and oxygen atoms in total. The van der Waals surface area contributed by atoms with Gasteiger partial charge >= 0.3 is 17.1 Å². The van der Waals surface area contributed by atoms with Gasteiger partial charge in [-0.1, -0.05) is 178 Å². The zero-order chi connectivity index (χ0) is 95.2. The number of pyridine rings is 6. The van der Waals surface area contributed by atoms with E-state index in [1.807, 2.05) is 169 Å². The molecular weight excluding hydrogens is 1720 g/mol. The van der Waals surface area contributed by atoms with Crippen molar-refractivity contribution in [3.8, 4) is 62.7 Å². The molecule has 0 N–H and O–H groups in total. The Balaban J connectivity index is 0.000000159. The number of fused-ring (bicyclic) bond motifs is 3. The predicted molar refractivity (Wildman–Crippen MR) is 529 cm³/mol. The average molecular weight is 1840 g/mol. The largest absolute Gasteiger partial charge is 0.355 e. The van der Waals surface area contributed by atoms with Crippen LogP contribution < -0.4 is 31.8 Å². The van der Waals surface area contributed by atoms with E-state index in [4.69, 9.17) is 69.7 Å². The number of piperazine rings is 3. The van der Waals surface area contributed by atoms with Gasteiger partial charge in [0.2, 0.25) is 17.7 Å². The van der Waals surface area contributed by atoms with Crippen LogP contribution in [0.5, 0.6) is 0 Å². The molecular formula is C104H114Cl3FN18O6. The standard InChI is InChI=1S/C36H43ClN6O2.C34H34ClFN6O2.C34H37ClN6O2/c1-10-30(44)41-18-24(9)42(19-23(41)8)34-28-17-29(37)32(27-14-12-11-13-25(27)20(2)3)39-35(28)43(36(45)40-34)33-26(21(4)5)15-16-38-31(33)22(6)7;1-8-10-23-11-12-27(36)24(15-23)30-26(35)16-25-32(41-18-21(6)40(17-22(41)7)28(43)9-2)39-34(44)42(33(25)38-30)31-20(5)13-14-37-29(31)19(3)4;1-7-28(42)39-17-22(6)40(18-21(39)5)32-26-16-27(35)30(24-11-9-8-10-20(24)4)37-33(26)41(34(43)38-32)31-25(23-12-13-23)14-15-36-29(31)19(2)3/h10-17,20-24H,1,18-19H2,2-9H3;9,11-16,19,21-22H,2,17-18H2,1,3-7H3;7-11,14-16,19,21-23H,1,12-13,17-18H2,2-6H3. The highest BCUT2D eigenvalue weighted by atomic mass is 35.5. The maximum atomic E-state index is 15.3. The fourth-order valence-electron chi connectivity index (χ4n) is 18.4. The van der Waals surface area contributed by atoms with Gasteiger partial charge in [0.25, 0.3) is 0 Å². The van der Waals surface area contributed by atoms with Crippen LogP contribution in [0.1, 0.15) is 217 Å². The van der Waals surface area contributed by atoms with Crippen LogP contribution in [0, 0.1) is 31.5 Å². The Morgan fingerprint density at radius 1 is 0.424 bits per heavy atom. The molecule has 3 saturated heterocycles. The van der Waals surface area contributed by atoms with E-state index in [1.54, 1.807) is 45.4 Å². The Bertz CT molecular complexity index is 6800. The van der Waals surface area contributed by atoms with Crippen LogP contribution in [0.25, 0.3) is 83.9 Å². The van der Waals surface area contributed by atoms with E-state index < -0.39 is 22.9 Å². The molecule has 684 valence electrons. The number of aryl methyl sites for hydroxylation is 2. The molecule has 12 heterocycles. The molecule has 3 aliphatic heterocycles. The smallest absolute Gasteiger partial charge is 0.349 e. The first-order valence-electron chi connectivity index (χ1n) is 45.2. The monoisotopic (exact) mass is 1830 g/mol. The summed E-state index contributed by atoms with van der Waals surface area (Å²) >= 11 is 21.0. The minimum atomic E-state index is -0.554. The second-order valence-electron chi connectivity index (χ2n) is 36.5. The Morgan fingerprint density at radius 2 is 0.803 bits per heavy atom. The van der Waals surface area contributed by atoms with Crippen molar-refractivity contribution in [1.29, 1.82) is 0 Å². The molecule has 6 unspecified atom stereocenters. The number of halogens is 4. The number of carbonyl (C=O) groups excluding carboxylic acids is 3. The van der Waals surface area contributed by atoms with Gasteiger partial charge in [-0.3, -0.25) is 29.3 Å². The van der Waals surface area contributed by atoms with E-state index in [0.29, 0.717) is 128 Å². The van der Waals surface area contributed by atoms with Gasteiger partial charge in [-0.2, -0.15) is 15.0 Å². The minimum Gasteiger partial charge on any atom is -0.349 e. The van der Waals surface area contributed by atoms with Crippen LogP contribution in [0.3, 0.4) is 0 Å². The SMILES string of the molecule is C=CC(=O)N1CC(C)N(c2nc(=O)n(-c3c(C(C)C)ccnc3C(C)C)c3nc(-c4ccccc4C(C)C)c(Cl)cc23)CC1C.C=CC(=O)N1CC(C)N(c2nc(=O)n(-c3c(C)ccnc3C(C)C)c3nc(-c4cc(C#CC)ccc4F)c(Cl)cc23)CC1C.C=CC(=O)N1CC(C)N(c2nc(=O)n(-c3c(C4CC4)ccnc3C(C)C)c3nc(-c4ccccc4C)c(Cl)cc23)CC1C. The first-order valence-corrected chi connectivity index (χ1v) is 46.4. The second-order valence-corrected chi connectivity index (χ2v) is 37.7. The Labute approximate surface area is 785 Å². The van der Waals surface area contributed by atoms with E-state index in [9.17, 15) is 28.8 Å². The highest BCUT2D eigenvalue weighted by molar-refractivity contribution is 6.35. The van der Waals surface area contributed by atoms with Crippen LogP contribution >= 0.6 is 34.8 Å². The second kappa shape index (κ2) is 39.4. The number of benzene rings is 3. The number of nitrogens with zero attached hydrogens (tertiary/aromatic N) is 18. The molecule has 3 aromatic carbocycles. The molecule has 1 aliphatic carbocycles. The fraction of sp³-hybridized carbons (Fsp3) is 0.375. The molecule has 6 atom stereocenters. The highest BCUT2D eigenvalue weighted by Gasteiger charge is 2.40. The van der Waals surface area contributed by atoms with E-state index in [-0.39, 0.29) is 105 Å². The van der Waals surface area contributed by atoms with Gasteiger partial charge in [0, 0.05) is 116 Å². The number of amides is 3. The summed E-state index contributed by atoms with van der Waals surface area (Å²) in [6.07, 6.45) is 11.5. The number of anilines is 3. The normalized spacial score (nSPS) is 17.5. The van der Waals surface area contributed by atoms with Crippen LogP contribution in [-0.2, 0) is 14.4 Å². The third kappa shape index (κ3) is 18.6. The lowest BCUT2D eigenvalue weighted by Crippen LogP contribution is -2.58. The van der Waals surface area contributed by atoms with Crippen LogP contribution in [-0.4, -0.2) is 166 Å². The van der Waals surface area contributed by atoms with Crippen LogP contribution in [0.4, 0.5) is 21.8 Å². The van der Waals surface area contributed by atoms with Crippen molar-refractivity contribution in [3.63, 3.8) is 0 Å². The quantitative estimate of drug-likeness (QED) is 0.0571. The maximum Gasteiger partial charge on any atom is 0.355 e. The van der Waals surface area contributed by atoms with Gasteiger partial charge in [0.05, 0.1) is 82.5 Å². The summed E-state index contributed by atoms with van der Waals surface area (Å²) in [7, 11) is 0. The molecule has 28 heteroatoms. The van der Waals surface area contributed by atoms with Crippen molar-refractivity contribution in [3.05, 3.63) is 262 Å². The third-order valence-electron chi connectivity index (χ3n) is 25.4. The Hall–Kier alpha value is -12.6. The van der Waals surface area contributed by atoms with Crippen LogP contribution in [0.2, 0.25) is 15.1 Å². The summed E-state index contributed by atoms with van der Waals surface area (Å²) in [4.78, 5) is 136. The van der Waals surface area contributed by atoms with Gasteiger partial charge < -0.3 is 29.4 Å². The lowest BCUT2D eigenvalue weighted by atomic mass is 9.95. The summed E-state index contributed by atoms with van der Waals surface area (Å²) in [6, 6.07) is 31.1. The van der Waals surface area contributed by atoms with Gasteiger partial charge in [0.1, 0.15) is 23.3 Å². The molecule has 9 aromatic heterocycles. The molecule has 4 aliphatic rings. The van der Waals surface area contributed by atoms with E-state index >= 15 is 4.39 Å². The maximum absolute atomic E-state index is 15.3. The lowest BCUT2D eigenvalue weighted by Gasteiger charge is -2.44. The minimum absolute atomic E-state index is 0.0172. The first-order chi connectivity index (χ1) is 62.9. The lowest BCUT2D eigenvalue weighted by molar-refractivity contribution is -0.129. The average Bonchev–Trinajstić information content (AvgIpc) is 1.01. The summed E-state index contributed by atoms with van der Waals surface area (Å²) in [6.45, 7) is 52.2. The Morgan fingerprint density at radius 3 is 1.22 bits per heavy atom. The van der Waals surface area contributed by atoms with Crippen molar-refractivity contribution in [1.82, 2.24) is 73.3 Å². The van der Waals surface area contributed by atoms with Gasteiger partial charge in [0.15, 0.2) is 16.9 Å². The van der Waals surface area contributed by atoms with Gasteiger partial charge in [-0.15, -0.1) is 5.92 Å². The summed E-state index contributed by atoms with van der Waals surface area (Å²) in [5.74, 6) is 7.15. The van der Waals surface area contributed by atoms with Crippen molar-refractivity contribution in [2.75, 3.05) is 54.0 Å². The molecule has 0 radical (unpaired) electrons. The molecule has 1 saturated carbocycles. The Kier molecular flexibility index (Phi) is 28.5. The zero-order valence-electron chi connectivity index (χ0n) is 78.5. The number of aromatic nitrogens is 12. The van der Waals surface area contributed by atoms with Crippen molar-refractivity contribution in [2.45, 2.75) is 216 Å². The van der Waals surface area contributed by atoms with Crippen molar-refractivity contribution in [2.24, 2.45) is 0 Å². The van der Waals surface area contributed by atoms with E-state index in [0.717, 1.165) is 74.5 Å².